The molecule has 0 saturated carbocycles. The second kappa shape index (κ2) is 14.8. The van der Waals surface area contributed by atoms with Crippen molar-refractivity contribution in [2.24, 2.45) is 0 Å². The number of para-hydroxylation sites is 4. The lowest BCUT2D eigenvalue weighted by Crippen LogP contribution is -2.09. The topological polar surface area (TPSA) is 58.5 Å². The molecule has 0 bridgehead atoms. The van der Waals surface area contributed by atoms with Crippen molar-refractivity contribution in [3.8, 4) is 22.6 Å². The van der Waals surface area contributed by atoms with Gasteiger partial charge in [0.25, 0.3) is 0 Å². The average molecular weight is 859 g/mol. The van der Waals surface area contributed by atoms with E-state index in [0.29, 0.717) is 5.89 Å². The van der Waals surface area contributed by atoms with Crippen molar-refractivity contribution in [3.05, 3.63) is 206 Å². The van der Waals surface area contributed by atoms with E-state index in [9.17, 15) is 0 Å². The molecule has 0 fully saturated rings. The highest BCUT2D eigenvalue weighted by Crippen LogP contribution is 2.45. The summed E-state index contributed by atoms with van der Waals surface area (Å²) in [5.74, 6) is 0.573. The van der Waals surface area contributed by atoms with E-state index >= 15 is 0 Å². The molecule has 0 radical (unpaired) electrons. The number of fused-ring (bicyclic) bond motifs is 8. The molecule has 64 heavy (non-hydrogen) atoms. The maximum absolute atomic E-state index is 6.52. The molecule has 0 aliphatic carbocycles. The van der Waals surface area contributed by atoms with E-state index < -0.39 is 0 Å². The highest BCUT2D eigenvalue weighted by Gasteiger charge is 2.21. The van der Waals surface area contributed by atoms with Crippen molar-refractivity contribution in [3.63, 3.8) is 0 Å². The third kappa shape index (κ3) is 6.22. The molecule has 0 spiro atoms. The number of benzene rings is 9. The number of hydrogen-bond donors (Lipinski definition) is 0. The molecule has 0 amide bonds. The summed E-state index contributed by atoms with van der Waals surface area (Å²) in [5, 5.41) is 5.50. The van der Waals surface area contributed by atoms with E-state index in [1.807, 2.05) is 53.8 Å². The van der Waals surface area contributed by atoms with Gasteiger partial charge < -0.3 is 13.7 Å². The summed E-state index contributed by atoms with van der Waals surface area (Å²) in [4.78, 5) is 14.5. The predicted molar refractivity (Wildman–Crippen MR) is 268 cm³/mol. The van der Waals surface area contributed by atoms with Gasteiger partial charge in [-0.05, 0) is 126 Å². The zero-order valence-corrected chi connectivity index (χ0v) is 35.7. The molecule has 0 N–H and O–H groups in total. The monoisotopic (exact) mass is 858 g/mol. The summed E-state index contributed by atoms with van der Waals surface area (Å²) in [6.45, 7) is 0. The summed E-state index contributed by atoms with van der Waals surface area (Å²) in [7, 11) is 0. The molecule has 0 atom stereocenters. The van der Waals surface area contributed by atoms with Crippen LogP contribution in [0.1, 0.15) is 0 Å². The minimum atomic E-state index is 0.573. The lowest BCUT2D eigenvalue weighted by Gasteiger charge is -2.26. The Morgan fingerprint density at radius 1 is 0.328 bits per heavy atom. The van der Waals surface area contributed by atoms with Gasteiger partial charge in [-0.2, -0.15) is 0 Å². The molecule has 0 aliphatic rings. The molecule has 4 heterocycles. The number of aromatic nitrogens is 2. The van der Waals surface area contributed by atoms with E-state index in [1.165, 1.54) is 20.2 Å². The van der Waals surface area contributed by atoms with Crippen molar-refractivity contribution in [2.75, 3.05) is 9.80 Å². The average Bonchev–Trinajstić information content (AvgIpc) is 4.15. The number of thiophene rings is 1. The number of oxazole rings is 1. The number of furan rings is 1. The van der Waals surface area contributed by atoms with Gasteiger partial charge in [-0.15, -0.1) is 11.3 Å². The molecule has 8 heteroatoms. The Morgan fingerprint density at radius 2 is 0.953 bits per heavy atom. The third-order valence-electron chi connectivity index (χ3n) is 11.9. The van der Waals surface area contributed by atoms with E-state index in [1.54, 1.807) is 11.3 Å². The SMILES string of the molecule is c1ccc(N(c2cccc(-c3ccc4oc5ccc(N(c6cccc(-c7nc8ccccc8o7)c6)c6nc7ccccc7s6)cc5c4c3)c2)c2ccc3c(c2)sc2ccccc23)cc1. The summed E-state index contributed by atoms with van der Waals surface area (Å²) < 4.78 is 16.4. The van der Waals surface area contributed by atoms with Crippen LogP contribution >= 0.6 is 22.7 Å². The van der Waals surface area contributed by atoms with Crippen LogP contribution in [0.5, 0.6) is 0 Å². The lowest BCUT2D eigenvalue weighted by atomic mass is 10.0. The van der Waals surface area contributed by atoms with Crippen LogP contribution in [0.2, 0.25) is 0 Å². The molecule has 9 aromatic carbocycles. The van der Waals surface area contributed by atoms with Crippen LogP contribution in [0.4, 0.5) is 33.6 Å². The van der Waals surface area contributed by atoms with Crippen molar-refractivity contribution < 1.29 is 8.83 Å². The Bertz CT molecular complexity index is 3840. The number of anilines is 6. The second-order valence-corrected chi connectivity index (χ2v) is 17.9. The van der Waals surface area contributed by atoms with Gasteiger partial charge in [-0.25, -0.2) is 9.97 Å². The van der Waals surface area contributed by atoms with Crippen LogP contribution in [0.3, 0.4) is 0 Å². The molecule has 0 unspecified atom stereocenters. The second-order valence-electron chi connectivity index (χ2n) is 15.8. The standard InChI is InChI=1S/C56H34N4O2S2/c1-2-14-38(15-3-1)59(42-25-27-44-43-18-4-8-22-52(43)63-54(44)34-42)39-16-10-12-35(30-39)36-24-28-49-45(32-36)46-33-41(26-29-50(46)61-49)60(56-58-48-20-6-9-23-53(48)64-56)40-17-11-13-37(31-40)55-57-47-19-5-7-21-51(47)62-55/h1-34H. The van der Waals surface area contributed by atoms with E-state index in [0.717, 1.165) is 93.5 Å². The summed E-state index contributed by atoms with van der Waals surface area (Å²) in [6, 6.07) is 72.3. The smallest absolute Gasteiger partial charge is 0.227 e. The molecule has 302 valence electrons. The first kappa shape index (κ1) is 36.6. The van der Waals surface area contributed by atoms with Gasteiger partial charge in [-0.1, -0.05) is 102 Å². The fourth-order valence-corrected chi connectivity index (χ4v) is 11.0. The van der Waals surface area contributed by atoms with Crippen LogP contribution in [0, 0.1) is 0 Å². The summed E-state index contributed by atoms with van der Waals surface area (Å²) >= 11 is 3.50. The maximum Gasteiger partial charge on any atom is 0.227 e. The first-order valence-electron chi connectivity index (χ1n) is 21.1. The Hall–Kier alpha value is -8.04. The van der Waals surface area contributed by atoms with Gasteiger partial charge >= 0.3 is 0 Å². The zero-order valence-electron chi connectivity index (χ0n) is 34.1. The molecular weight excluding hydrogens is 825 g/mol. The molecular formula is C56H34N4O2S2. The van der Waals surface area contributed by atoms with Gasteiger partial charge in [0, 0.05) is 64.9 Å². The van der Waals surface area contributed by atoms with Gasteiger partial charge in [0.15, 0.2) is 10.7 Å². The number of rotatable bonds is 8. The van der Waals surface area contributed by atoms with Crippen molar-refractivity contribution in [1.82, 2.24) is 9.97 Å². The molecule has 13 rings (SSSR count). The molecule has 0 saturated heterocycles. The highest BCUT2D eigenvalue weighted by atomic mass is 32.1. The van der Waals surface area contributed by atoms with E-state index in [-0.39, 0.29) is 0 Å². The van der Waals surface area contributed by atoms with Crippen LogP contribution in [-0.2, 0) is 0 Å². The van der Waals surface area contributed by atoms with E-state index in [2.05, 4.69) is 174 Å². The van der Waals surface area contributed by atoms with Gasteiger partial charge in [0.2, 0.25) is 5.89 Å². The Balaban J connectivity index is 0.917. The van der Waals surface area contributed by atoms with Gasteiger partial charge in [-0.3, -0.25) is 4.90 Å². The predicted octanol–water partition coefficient (Wildman–Crippen LogP) is 17.0. The van der Waals surface area contributed by atoms with E-state index in [4.69, 9.17) is 18.8 Å². The van der Waals surface area contributed by atoms with Crippen LogP contribution in [0.25, 0.3) is 86.0 Å². The molecule has 13 aromatic rings. The van der Waals surface area contributed by atoms with Crippen molar-refractivity contribution in [1.29, 1.82) is 0 Å². The molecule has 6 nitrogen and oxygen atoms in total. The maximum atomic E-state index is 6.52. The van der Waals surface area contributed by atoms with Gasteiger partial charge in [0.1, 0.15) is 16.7 Å². The van der Waals surface area contributed by atoms with Crippen LogP contribution in [0.15, 0.2) is 215 Å². The van der Waals surface area contributed by atoms with Gasteiger partial charge in [0.05, 0.1) is 10.2 Å². The first-order chi connectivity index (χ1) is 31.7. The van der Waals surface area contributed by atoms with Crippen LogP contribution in [-0.4, -0.2) is 9.97 Å². The quantitative estimate of drug-likeness (QED) is 0.152. The zero-order chi connectivity index (χ0) is 42.1. The normalized spacial score (nSPS) is 11.8. The largest absolute Gasteiger partial charge is 0.456 e. The summed E-state index contributed by atoms with van der Waals surface area (Å²) in [6.07, 6.45) is 0. The minimum absolute atomic E-state index is 0.573. The minimum Gasteiger partial charge on any atom is -0.456 e. The highest BCUT2D eigenvalue weighted by molar-refractivity contribution is 7.25. The molecule has 4 aromatic heterocycles. The Labute approximate surface area is 375 Å². The number of nitrogens with zero attached hydrogens (tertiary/aromatic N) is 4. The number of hydrogen-bond acceptors (Lipinski definition) is 8. The van der Waals surface area contributed by atoms with Crippen molar-refractivity contribution >= 4 is 120 Å². The number of thiazole rings is 1. The Morgan fingerprint density at radius 3 is 1.81 bits per heavy atom. The van der Waals surface area contributed by atoms with Crippen LogP contribution < -0.4 is 9.80 Å². The van der Waals surface area contributed by atoms with Crippen molar-refractivity contribution in [2.45, 2.75) is 0 Å². The fourth-order valence-electron chi connectivity index (χ4n) is 8.89. The third-order valence-corrected chi connectivity index (χ3v) is 14.1. The lowest BCUT2D eigenvalue weighted by molar-refractivity contribution is 0.620. The molecule has 0 aliphatic heterocycles. The first-order valence-corrected chi connectivity index (χ1v) is 22.8. The Kier molecular flexibility index (Phi) is 8.47. The fraction of sp³-hybridized carbons (Fsp3) is 0. The summed E-state index contributed by atoms with van der Waals surface area (Å²) in [5.41, 5.74) is 12.5.